The number of esters is 2. The van der Waals surface area contributed by atoms with Gasteiger partial charge in [-0.1, -0.05) is 6.92 Å². The molecule has 5 aliphatic rings. The number of carbonyl (C=O) groups excluding carboxylic acids is 2. The van der Waals surface area contributed by atoms with Crippen LogP contribution in [0.15, 0.2) is 11.6 Å². The quantitative estimate of drug-likeness (QED) is 0.471. The normalized spacial score (nSPS) is 52.8. The molecule has 3 heterocycles. The number of ether oxygens (including phenoxy) is 3. The highest BCUT2D eigenvalue weighted by atomic mass is 32.2. The number of epoxide rings is 1. The van der Waals surface area contributed by atoms with Gasteiger partial charge in [0, 0.05) is 29.0 Å². The molecule has 0 amide bonds. The number of fused-ring (bicyclic) bond motifs is 2. The molecule has 1 spiro atoms. The summed E-state index contributed by atoms with van der Waals surface area (Å²) in [4.78, 5) is 25.4. The van der Waals surface area contributed by atoms with Crippen molar-refractivity contribution in [1.82, 2.24) is 0 Å². The van der Waals surface area contributed by atoms with Gasteiger partial charge >= 0.3 is 11.9 Å². The van der Waals surface area contributed by atoms with Crippen molar-refractivity contribution in [2.24, 2.45) is 16.7 Å². The Morgan fingerprint density at radius 2 is 2.00 bits per heavy atom. The van der Waals surface area contributed by atoms with Crippen LogP contribution >= 0.6 is 0 Å². The van der Waals surface area contributed by atoms with Crippen LogP contribution in [-0.4, -0.2) is 74.0 Å². The molecule has 29 heavy (non-hydrogen) atoms. The minimum absolute atomic E-state index is 0.0862. The molecule has 2 N–H and O–H groups in total. The molecule has 0 aromatic carbocycles. The van der Waals surface area contributed by atoms with Gasteiger partial charge in [-0.05, 0) is 37.7 Å². The van der Waals surface area contributed by atoms with Crippen molar-refractivity contribution >= 4 is 22.7 Å². The molecule has 0 aromatic rings. The average Bonchev–Trinajstić information content (AvgIpc) is 3.26. The third kappa shape index (κ3) is 2.17. The number of hydrogen-bond donors (Lipinski definition) is 2. The monoisotopic (exact) mass is 426 g/mol. The van der Waals surface area contributed by atoms with Gasteiger partial charge in [0.25, 0.3) is 0 Å². The van der Waals surface area contributed by atoms with Crippen molar-refractivity contribution in [3.05, 3.63) is 11.6 Å². The van der Waals surface area contributed by atoms with E-state index in [0.29, 0.717) is 18.4 Å². The number of hydrogen-bond acceptors (Lipinski definition) is 8. The molecule has 5 rings (SSSR count). The molecule has 3 aliphatic heterocycles. The minimum atomic E-state index is -1.59. The van der Waals surface area contributed by atoms with Crippen LogP contribution in [0.5, 0.6) is 0 Å². The zero-order valence-electron chi connectivity index (χ0n) is 16.8. The summed E-state index contributed by atoms with van der Waals surface area (Å²) >= 11 is 0. The first-order valence-corrected chi connectivity index (χ1v) is 11.6. The summed E-state index contributed by atoms with van der Waals surface area (Å²) < 4.78 is 29.3. The molecule has 2 saturated heterocycles. The standard InChI is InChI=1S/C20H26O8S/c1-17-6-5-10(21)19(3)13(17)12(27-16(19)23)14-20(28-14)9(17)7-11(22)26-15(20)18(2,24)8-29(4)25/h7,10,12-15,21,24H,5-6,8H2,1-4H3/t10-,12-,13+,14+,15+,17+,18-,19-,20-,29?/m0/s1. The van der Waals surface area contributed by atoms with Crippen LogP contribution in [0.2, 0.25) is 0 Å². The van der Waals surface area contributed by atoms with E-state index in [1.807, 2.05) is 6.92 Å². The predicted octanol–water partition coefficient (Wildman–Crippen LogP) is -0.172. The van der Waals surface area contributed by atoms with Crippen molar-refractivity contribution in [2.45, 2.75) is 69.2 Å². The van der Waals surface area contributed by atoms with Crippen LogP contribution in [0, 0.1) is 16.7 Å². The summed E-state index contributed by atoms with van der Waals surface area (Å²) in [6, 6.07) is 0. The highest BCUT2D eigenvalue weighted by molar-refractivity contribution is 7.84. The van der Waals surface area contributed by atoms with E-state index in [1.54, 1.807) is 6.92 Å². The lowest BCUT2D eigenvalue weighted by Crippen LogP contribution is -2.66. The Kier molecular flexibility index (Phi) is 3.72. The summed E-state index contributed by atoms with van der Waals surface area (Å²) in [5, 5.41) is 21.8. The molecule has 1 unspecified atom stereocenters. The molecule has 0 aromatic heterocycles. The molecule has 8 nitrogen and oxygen atoms in total. The molecule has 10 atom stereocenters. The van der Waals surface area contributed by atoms with E-state index in [-0.39, 0.29) is 11.7 Å². The fraction of sp³-hybridized carbons (Fsp3) is 0.800. The summed E-state index contributed by atoms with van der Waals surface area (Å²) in [5.74, 6) is -1.49. The highest BCUT2D eigenvalue weighted by Gasteiger charge is 2.85. The van der Waals surface area contributed by atoms with Crippen LogP contribution in [0.3, 0.4) is 0 Å². The smallest absolute Gasteiger partial charge is 0.331 e. The number of aliphatic hydroxyl groups is 2. The maximum atomic E-state index is 12.8. The fourth-order valence-electron chi connectivity index (χ4n) is 6.80. The molecular weight excluding hydrogens is 400 g/mol. The van der Waals surface area contributed by atoms with Gasteiger partial charge in [0.15, 0.2) is 11.7 Å². The Balaban J connectivity index is 1.67. The minimum Gasteiger partial charge on any atom is -0.459 e. The van der Waals surface area contributed by atoms with Gasteiger partial charge in [0.2, 0.25) is 0 Å². The van der Waals surface area contributed by atoms with Crippen molar-refractivity contribution in [3.8, 4) is 0 Å². The molecule has 0 radical (unpaired) electrons. The van der Waals surface area contributed by atoms with E-state index >= 15 is 0 Å². The number of aliphatic hydroxyl groups excluding tert-OH is 1. The zero-order chi connectivity index (χ0) is 21.1. The van der Waals surface area contributed by atoms with Crippen molar-refractivity contribution < 1.29 is 38.2 Å². The van der Waals surface area contributed by atoms with Gasteiger partial charge in [0.05, 0.1) is 17.3 Å². The predicted molar refractivity (Wildman–Crippen MR) is 99.9 cm³/mol. The molecule has 9 heteroatoms. The Labute approximate surface area is 171 Å². The summed E-state index contributed by atoms with van der Waals surface area (Å²) in [5.41, 5.74) is -3.73. The lowest BCUT2D eigenvalue weighted by atomic mass is 9.46. The van der Waals surface area contributed by atoms with Gasteiger partial charge < -0.3 is 24.4 Å². The third-order valence-electron chi connectivity index (χ3n) is 7.94. The lowest BCUT2D eigenvalue weighted by Gasteiger charge is -2.56. The second-order valence-electron chi connectivity index (χ2n) is 9.88. The maximum Gasteiger partial charge on any atom is 0.331 e. The van der Waals surface area contributed by atoms with Gasteiger partial charge in [-0.15, -0.1) is 0 Å². The van der Waals surface area contributed by atoms with Gasteiger partial charge in [0.1, 0.15) is 17.8 Å². The Morgan fingerprint density at radius 3 is 2.66 bits per heavy atom. The topological polar surface area (TPSA) is 123 Å². The Hall–Kier alpha value is -1.29. The SMILES string of the molecule is CS(=O)C[C@](C)(O)[C@H]1OC(=O)C=C2[C@@]13O[C@@H]3[C@H]1OC(=O)[C@@]3(C)[C@@H](O)CC[C@@]2(C)[C@@H]13. The summed E-state index contributed by atoms with van der Waals surface area (Å²) in [6.07, 6.45) is 0.750. The van der Waals surface area contributed by atoms with E-state index in [1.165, 1.54) is 19.3 Å². The van der Waals surface area contributed by atoms with Crippen molar-refractivity contribution in [2.75, 3.05) is 12.0 Å². The average molecular weight is 426 g/mol. The highest BCUT2D eigenvalue weighted by Crippen LogP contribution is 2.73. The first-order chi connectivity index (χ1) is 13.4. The van der Waals surface area contributed by atoms with Crippen LogP contribution in [0.25, 0.3) is 0 Å². The zero-order valence-corrected chi connectivity index (χ0v) is 17.7. The number of cyclic esters (lactones) is 1. The fourth-order valence-corrected chi connectivity index (χ4v) is 7.77. The van der Waals surface area contributed by atoms with Gasteiger partial charge in [-0.25, -0.2) is 4.79 Å². The van der Waals surface area contributed by atoms with E-state index in [2.05, 4.69) is 0 Å². The van der Waals surface area contributed by atoms with E-state index < -0.39 is 69.2 Å². The molecule has 0 bridgehead atoms. The molecule has 160 valence electrons. The summed E-state index contributed by atoms with van der Waals surface area (Å²) in [6.45, 7) is 5.20. The Morgan fingerprint density at radius 1 is 1.31 bits per heavy atom. The number of carbonyl (C=O) groups is 2. The van der Waals surface area contributed by atoms with E-state index in [0.717, 1.165) is 0 Å². The van der Waals surface area contributed by atoms with Crippen LogP contribution < -0.4 is 0 Å². The lowest BCUT2D eigenvalue weighted by molar-refractivity contribution is -0.170. The molecular formula is C20H26O8S. The Bertz CT molecular complexity index is 882. The van der Waals surface area contributed by atoms with Gasteiger partial charge in [-0.2, -0.15) is 0 Å². The largest absolute Gasteiger partial charge is 0.459 e. The van der Waals surface area contributed by atoms with Crippen molar-refractivity contribution in [1.29, 1.82) is 0 Å². The maximum absolute atomic E-state index is 12.8. The second kappa shape index (κ2) is 5.49. The third-order valence-corrected chi connectivity index (χ3v) is 8.93. The first-order valence-electron chi connectivity index (χ1n) is 9.91. The van der Waals surface area contributed by atoms with Crippen LogP contribution in [0.4, 0.5) is 0 Å². The van der Waals surface area contributed by atoms with E-state index in [4.69, 9.17) is 14.2 Å². The first kappa shape index (κ1) is 19.7. The molecule has 4 fully saturated rings. The van der Waals surface area contributed by atoms with Crippen molar-refractivity contribution in [3.63, 3.8) is 0 Å². The second-order valence-corrected chi connectivity index (χ2v) is 11.3. The molecule has 2 saturated carbocycles. The number of rotatable bonds is 3. The van der Waals surface area contributed by atoms with E-state index in [9.17, 15) is 24.0 Å². The summed E-state index contributed by atoms with van der Waals surface area (Å²) in [7, 11) is -1.33. The van der Waals surface area contributed by atoms with Crippen LogP contribution in [-0.2, 0) is 34.6 Å². The van der Waals surface area contributed by atoms with Crippen LogP contribution in [0.1, 0.15) is 33.6 Å². The molecule has 2 aliphatic carbocycles. The van der Waals surface area contributed by atoms with Gasteiger partial charge in [-0.3, -0.25) is 9.00 Å².